The van der Waals surface area contributed by atoms with E-state index in [9.17, 15) is 33.1 Å². The molecule has 0 radical (unpaired) electrons. The SMILES string of the molecule is COCCOCc1c(C(O)=C2C(=O)C3CCC(C3)C2=O)ccc(C(F)(F)F)[n+]1[O-]. The van der Waals surface area contributed by atoms with E-state index in [0.29, 0.717) is 25.3 Å². The third-order valence-electron chi connectivity index (χ3n) is 5.30. The number of ether oxygens (including phenoxy) is 2. The van der Waals surface area contributed by atoms with Gasteiger partial charge in [-0.1, -0.05) is 0 Å². The Morgan fingerprint density at radius 2 is 1.83 bits per heavy atom. The monoisotopic (exact) mass is 415 g/mol. The molecule has 0 saturated heterocycles. The molecule has 0 amide bonds. The summed E-state index contributed by atoms with van der Waals surface area (Å²) in [5, 5.41) is 23.0. The Morgan fingerprint density at radius 3 is 2.38 bits per heavy atom. The molecule has 2 unspecified atom stereocenters. The summed E-state index contributed by atoms with van der Waals surface area (Å²) >= 11 is 0. The maximum atomic E-state index is 13.1. The number of halogens is 3. The van der Waals surface area contributed by atoms with Gasteiger partial charge in [-0.15, -0.1) is 0 Å². The highest BCUT2D eigenvalue weighted by Gasteiger charge is 2.46. The number of carbonyl (C=O) groups excluding carboxylic acids is 2. The molecule has 2 saturated carbocycles. The van der Waals surface area contributed by atoms with Crippen molar-refractivity contribution in [2.24, 2.45) is 11.8 Å². The fourth-order valence-corrected chi connectivity index (χ4v) is 3.81. The number of fused-ring (bicyclic) bond motifs is 2. The van der Waals surface area contributed by atoms with E-state index in [1.807, 2.05) is 0 Å². The van der Waals surface area contributed by atoms with E-state index in [0.717, 1.165) is 6.07 Å². The highest BCUT2D eigenvalue weighted by atomic mass is 19.4. The van der Waals surface area contributed by atoms with E-state index in [1.54, 1.807) is 0 Å². The Bertz CT molecular complexity index is 840. The van der Waals surface area contributed by atoms with Crippen LogP contribution in [0.25, 0.3) is 5.76 Å². The Labute approximate surface area is 164 Å². The third kappa shape index (κ3) is 3.99. The first-order chi connectivity index (χ1) is 13.7. The Balaban J connectivity index is 2.08. The molecule has 0 aromatic carbocycles. The predicted octanol–water partition coefficient (Wildman–Crippen LogP) is 2.34. The van der Waals surface area contributed by atoms with Crippen molar-refractivity contribution in [2.45, 2.75) is 32.0 Å². The van der Waals surface area contributed by atoms with Crippen LogP contribution in [0.15, 0.2) is 17.7 Å². The maximum absolute atomic E-state index is 13.1. The number of methoxy groups -OCH3 is 1. The van der Waals surface area contributed by atoms with Crippen molar-refractivity contribution in [2.75, 3.05) is 20.3 Å². The van der Waals surface area contributed by atoms with Gasteiger partial charge in [-0.25, -0.2) is 0 Å². The largest absolute Gasteiger partial charge is 0.618 e. The van der Waals surface area contributed by atoms with Crippen molar-refractivity contribution in [3.8, 4) is 0 Å². The number of pyridine rings is 1. The van der Waals surface area contributed by atoms with Crippen LogP contribution in [0.1, 0.15) is 36.2 Å². The molecule has 29 heavy (non-hydrogen) atoms. The number of Topliss-reactive ketones (excluding diaryl/α,β-unsaturated/α-hetero) is 2. The van der Waals surface area contributed by atoms with Crippen LogP contribution in [0.2, 0.25) is 0 Å². The molecule has 7 nitrogen and oxygen atoms in total. The lowest BCUT2D eigenvalue weighted by atomic mass is 9.81. The number of rotatable bonds is 6. The molecule has 2 fully saturated rings. The van der Waals surface area contributed by atoms with Crippen LogP contribution in [-0.2, 0) is 31.8 Å². The number of aliphatic hydroxyl groups excluding tert-OH is 1. The Kier molecular flexibility index (Phi) is 5.95. The van der Waals surface area contributed by atoms with Gasteiger partial charge in [0.1, 0.15) is 17.9 Å². The van der Waals surface area contributed by atoms with Crippen molar-refractivity contribution in [3.63, 3.8) is 0 Å². The van der Waals surface area contributed by atoms with Crippen LogP contribution >= 0.6 is 0 Å². The molecule has 10 heteroatoms. The summed E-state index contributed by atoms with van der Waals surface area (Å²) < 4.78 is 49.0. The highest BCUT2D eigenvalue weighted by molar-refractivity contribution is 6.27. The van der Waals surface area contributed by atoms with Crippen molar-refractivity contribution < 1.29 is 42.1 Å². The fourth-order valence-electron chi connectivity index (χ4n) is 3.81. The van der Waals surface area contributed by atoms with Crippen LogP contribution in [0.4, 0.5) is 13.2 Å². The smallest absolute Gasteiger partial charge is 0.478 e. The Morgan fingerprint density at radius 1 is 1.21 bits per heavy atom. The average molecular weight is 415 g/mol. The number of carbonyl (C=O) groups is 2. The number of nitrogens with zero attached hydrogens (tertiary/aromatic N) is 1. The second-order valence-electron chi connectivity index (χ2n) is 7.08. The summed E-state index contributed by atoms with van der Waals surface area (Å²) in [6.07, 6.45) is -3.48. The van der Waals surface area contributed by atoms with E-state index in [1.165, 1.54) is 7.11 Å². The third-order valence-corrected chi connectivity index (χ3v) is 5.30. The lowest BCUT2D eigenvalue weighted by Gasteiger charge is -2.21. The first-order valence-electron chi connectivity index (χ1n) is 9.08. The van der Waals surface area contributed by atoms with Crippen LogP contribution < -0.4 is 4.73 Å². The average Bonchev–Trinajstić information content (AvgIpc) is 3.10. The number of hydrogen-bond acceptors (Lipinski definition) is 6. The molecule has 0 spiro atoms. The first-order valence-corrected chi connectivity index (χ1v) is 9.08. The summed E-state index contributed by atoms with van der Waals surface area (Å²) in [7, 11) is 1.40. The van der Waals surface area contributed by atoms with E-state index in [-0.39, 0.29) is 23.5 Å². The van der Waals surface area contributed by atoms with Crippen molar-refractivity contribution in [1.29, 1.82) is 0 Å². The minimum absolute atomic E-state index is 0.00840. The molecule has 2 atom stereocenters. The van der Waals surface area contributed by atoms with Gasteiger partial charge in [0.15, 0.2) is 11.6 Å². The second-order valence-corrected chi connectivity index (χ2v) is 7.08. The fraction of sp³-hybridized carbons (Fsp3) is 0.526. The number of aliphatic hydroxyl groups is 1. The van der Waals surface area contributed by atoms with Gasteiger partial charge < -0.3 is 19.8 Å². The maximum Gasteiger partial charge on any atom is 0.478 e. The number of alkyl halides is 3. The lowest BCUT2D eigenvalue weighted by Crippen LogP contribution is -2.42. The highest BCUT2D eigenvalue weighted by Crippen LogP contribution is 2.42. The predicted molar refractivity (Wildman–Crippen MR) is 92.3 cm³/mol. The molecule has 2 bridgehead atoms. The van der Waals surface area contributed by atoms with E-state index in [4.69, 9.17) is 9.47 Å². The number of aromatic nitrogens is 1. The normalized spacial score (nSPS) is 21.7. The summed E-state index contributed by atoms with van der Waals surface area (Å²) in [6, 6.07) is 1.38. The van der Waals surface area contributed by atoms with Gasteiger partial charge in [-0.05, 0) is 25.3 Å². The summed E-state index contributed by atoms with van der Waals surface area (Å²) in [5.74, 6) is -2.65. The molecule has 1 N–H and O–H groups in total. The standard InChI is InChI=1S/C19H20F3NO6/c1-28-6-7-29-9-13-12(4-5-14(23(13)27)19(20,21)22)18(26)15-16(24)10-2-3-11(8-10)17(15)25/h4-5,10-11,26H,2-3,6-9H2,1H3. The molecule has 158 valence electrons. The molecule has 0 aliphatic heterocycles. The van der Waals surface area contributed by atoms with E-state index in [2.05, 4.69) is 0 Å². The van der Waals surface area contributed by atoms with Crippen LogP contribution in [0, 0.1) is 17.0 Å². The molecule has 2 aliphatic carbocycles. The summed E-state index contributed by atoms with van der Waals surface area (Å²) in [4.78, 5) is 25.2. The number of hydrogen-bond donors (Lipinski definition) is 1. The molecule has 2 aliphatic rings. The molecule has 1 aromatic rings. The second kappa shape index (κ2) is 8.11. The van der Waals surface area contributed by atoms with Gasteiger partial charge in [-0.3, -0.25) is 9.59 Å². The van der Waals surface area contributed by atoms with Crippen LogP contribution in [0.5, 0.6) is 0 Å². The van der Waals surface area contributed by atoms with Gasteiger partial charge >= 0.3 is 6.18 Å². The molecule has 1 aromatic heterocycles. The van der Waals surface area contributed by atoms with Crippen molar-refractivity contribution >= 4 is 17.3 Å². The minimum Gasteiger partial charge on any atom is -0.618 e. The van der Waals surface area contributed by atoms with E-state index < -0.39 is 58.9 Å². The first kappa shape index (κ1) is 21.3. The van der Waals surface area contributed by atoms with Crippen molar-refractivity contribution in [3.05, 3.63) is 39.9 Å². The topological polar surface area (TPSA) is 99.8 Å². The zero-order chi connectivity index (χ0) is 21.3. The zero-order valence-electron chi connectivity index (χ0n) is 15.6. The molecular formula is C19H20F3NO6. The van der Waals surface area contributed by atoms with Crippen molar-refractivity contribution in [1.82, 2.24) is 0 Å². The quantitative estimate of drug-likeness (QED) is 0.191. The molecular weight excluding hydrogens is 395 g/mol. The van der Waals surface area contributed by atoms with Gasteiger partial charge in [0, 0.05) is 25.0 Å². The van der Waals surface area contributed by atoms with E-state index >= 15 is 0 Å². The van der Waals surface area contributed by atoms with Crippen LogP contribution in [0.3, 0.4) is 0 Å². The molecule has 1 heterocycles. The number of ketones is 2. The van der Waals surface area contributed by atoms with Gasteiger partial charge in [0.2, 0.25) is 5.69 Å². The zero-order valence-corrected chi connectivity index (χ0v) is 15.6. The molecule has 3 rings (SSSR count). The van der Waals surface area contributed by atoms with Gasteiger partial charge in [-0.2, -0.15) is 17.9 Å². The van der Waals surface area contributed by atoms with Gasteiger partial charge in [0.25, 0.3) is 5.69 Å². The van der Waals surface area contributed by atoms with Gasteiger partial charge in [0.05, 0.1) is 18.8 Å². The summed E-state index contributed by atoms with van der Waals surface area (Å²) in [6.45, 7) is -0.440. The lowest BCUT2D eigenvalue weighted by molar-refractivity contribution is -0.639. The van der Waals surface area contributed by atoms with Crippen LogP contribution in [-0.4, -0.2) is 37.0 Å². The number of allylic oxidation sites excluding steroid dienone is 1. The minimum atomic E-state index is -4.93. The Hall–Kier alpha value is -2.46. The summed E-state index contributed by atoms with van der Waals surface area (Å²) in [5.41, 5.74) is -2.81.